The molecule has 2 unspecified atom stereocenters. The van der Waals surface area contributed by atoms with Gasteiger partial charge in [0.15, 0.2) is 0 Å². The lowest BCUT2D eigenvalue weighted by Gasteiger charge is -2.38. The highest BCUT2D eigenvalue weighted by atomic mass is 16.3. The second-order valence-electron chi connectivity index (χ2n) is 7.89. The number of phenolic OH excluding ortho intramolecular Hbond substituents is 1. The summed E-state index contributed by atoms with van der Waals surface area (Å²) in [4.78, 5) is 5.13. The molecule has 0 aromatic heterocycles. The number of rotatable bonds is 6. The summed E-state index contributed by atoms with van der Waals surface area (Å²) in [5.41, 5.74) is 1.18. The zero-order valence-corrected chi connectivity index (χ0v) is 15.3. The van der Waals surface area contributed by atoms with Crippen molar-refractivity contribution in [3.8, 4) is 5.75 Å². The average molecular weight is 331 g/mol. The molecule has 3 heteroatoms. The Labute approximate surface area is 147 Å². The van der Waals surface area contributed by atoms with Crippen LogP contribution in [0.5, 0.6) is 5.75 Å². The fourth-order valence-electron chi connectivity index (χ4n) is 4.37. The van der Waals surface area contributed by atoms with Crippen LogP contribution in [0.4, 0.5) is 5.69 Å². The van der Waals surface area contributed by atoms with E-state index < -0.39 is 0 Å². The number of hydrogen-bond acceptors (Lipinski definition) is 3. The summed E-state index contributed by atoms with van der Waals surface area (Å²) < 4.78 is 0. The van der Waals surface area contributed by atoms with E-state index in [0.717, 1.165) is 24.9 Å². The van der Waals surface area contributed by atoms with Crippen LogP contribution in [0.2, 0.25) is 0 Å². The van der Waals surface area contributed by atoms with Gasteiger partial charge >= 0.3 is 0 Å². The molecule has 2 atom stereocenters. The third kappa shape index (κ3) is 4.89. The Balaban J connectivity index is 1.43. The Morgan fingerprint density at radius 3 is 2.71 bits per heavy atom. The van der Waals surface area contributed by atoms with Gasteiger partial charge in [0.1, 0.15) is 5.75 Å². The standard InChI is InChI=1S/C21H34N2O/c1-18-11-15-23(20-9-7-10-21(24)16-20)17-19(18)8-3-6-14-22-12-4-2-5-13-22/h7,9-10,16,18-19,24H,2-6,8,11-15,17H2,1H3. The number of phenols is 1. The molecular formula is C21H34N2O. The number of nitrogens with zero attached hydrogens (tertiary/aromatic N) is 2. The first-order chi connectivity index (χ1) is 11.7. The van der Waals surface area contributed by atoms with Crippen LogP contribution in [0.15, 0.2) is 24.3 Å². The first kappa shape index (κ1) is 17.6. The topological polar surface area (TPSA) is 26.7 Å². The van der Waals surface area contributed by atoms with Crippen molar-refractivity contribution in [2.24, 2.45) is 11.8 Å². The maximum absolute atomic E-state index is 9.73. The summed E-state index contributed by atoms with van der Waals surface area (Å²) in [7, 11) is 0. The van der Waals surface area contributed by atoms with E-state index in [4.69, 9.17) is 0 Å². The molecular weight excluding hydrogens is 296 g/mol. The van der Waals surface area contributed by atoms with Gasteiger partial charge in [0.05, 0.1) is 0 Å². The Hall–Kier alpha value is -1.22. The average Bonchev–Trinajstić information content (AvgIpc) is 2.61. The SMILES string of the molecule is CC1CCN(c2cccc(O)c2)CC1CCCCN1CCCCC1. The minimum absolute atomic E-state index is 0.379. The molecule has 0 saturated carbocycles. The van der Waals surface area contributed by atoms with Gasteiger partial charge in [-0.2, -0.15) is 0 Å². The predicted molar refractivity (Wildman–Crippen MR) is 102 cm³/mol. The van der Waals surface area contributed by atoms with Crippen molar-refractivity contribution in [3.63, 3.8) is 0 Å². The summed E-state index contributed by atoms with van der Waals surface area (Å²) in [6.07, 6.45) is 9.57. The van der Waals surface area contributed by atoms with E-state index in [0.29, 0.717) is 5.75 Å². The number of piperidine rings is 2. The van der Waals surface area contributed by atoms with E-state index in [2.05, 4.69) is 22.8 Å². The quantitative estimate of drug-likeness (QED) is 0.777. The molecule has 2 aliphatic heterocycles. The zero-order chi connectivity index (χ0) is 16.8. The fraction of sp³-hybridized carbons (Fsp3) is 0.714. The molecule has 2 aliphatic rings. The summed E-state index contributed by atoms with van der Waals surface area (Å²) in [5, 5.41) is 9.73. The highest BCUT2D eigenvalue weighted by molar-refractivity contribution is 5.50. The zero-order valence-electron chi connectivity index (χ0n) is 15.3. The number of benzene rings is 1. The highest BCUT2D eigenvalue weighted by Gasteiger charge is 2.26. The van der Waals surface area contributed by atoms with E-state index in [1.807, 2.05) is 12.1 Å². The van der Waals surface area contributed by atoms with Crippen molar-refractivity contribution in [1.82, 2.24) is 4.90 Å². The van der Waals surface area contributed by atoms with Gasteiger partial charge in [-0.25, -0.2) is 0 Å². The molecule has 1 aromatic carbocycles. The van der Waals surface area contributed by atoms with Gasteiger partial charge in [0, 0.05) is 24.8 Å². The van der Waals surface area contributed by atoms with Gasteiger partial charge in [-0.05, 0) is 75.7 Å². The number of unbranched alkanes of at least 4 members (excludes halogenated alkanes) is 1. The fourth-order valence-corrected chi connectivity index (χ4v) is 4.37. The van der Waals surface area contributed by atoms with Gasteiger partial charge in [-0.15, -0.1) is 0 Å². The van der Waals surface area contributed by atoms with Gasteiger partial charge in [-0.1, -0.05) is 25.8 Å². The van der Waals surface area contributed by atoms with E-state index in [1.54, 1.807) is 6.07 Å². The molecule has 3 rings (SSSR count). The molecule has 0 bridgehead atoms. The van der Waals surface area contributed by atoms with E-state index in [-0.39, 0.29) is 0 Å². The number of anilines is 1. The van der Waals surface area contributed by atoms with Crippen LogP contribution >= 0.6 is 0 Å². The van der Waals surface area contributed by atoms with Crippen LogP contribution in [-0.4, -0.2) is 42.7 Å². The lowest BCUT2D eigenvalue weighted by Crippen LogP contribution is -2.39. The minimum Gasteiger partial charge on any atom is -0.508 e. The smallest absolute Gasteiger partial charge is 0.117 e. The lowest BCUT2D eigenvalue weighted by atomic mass is 9.83. The monoisotopic (exact) mass is 330 g/mol. The second kappa shape index (κ2) is 8.75. The first-order valence-electron chi connectivity index (χ1n) is 9.99. The largest absolute Gasteiger partial charge is 0.508 e. The van der Waals surface area contributed by atoms with E-state index in [9.17, 15) is 5.11 Å². The van der Waals surface area contributed by atoms with Gasteiger partial charge < -0.3 is 14.9 Å². The van der Waals surface area contributed by atoms with E-state index in [1.165, 1.54) is 70.3 Å². The molecule has 134 valence electrons. The third-order valence-corrected chi connectivity index (χ3v) is 6.06. The molecule has 0 amide bonds. The summed E-state index contributed by atoms with van der Waals surface area (Å²) in [6, 6.07) is 7.75. The Morgan fingerprint density at radius 1 is 1.08 bits per heavy atom. The predicted octanol–water partition coefficient (Wildman–Crippen LogP) is 4.51. The molecule has 2 saturated heterocycles. The van der Waals surface area contributed by atoms with Crippen LogP contribution in [0.3, 0.4) is 0 Å². The van der Waals surface area contributed by atoms with Crippen molar-refractivity contribution in [3.05, 3.63) is 24.3 Å². The summed E-state index contributed by atoms with van der Waals surface area (Å²) in [5.74, 6) is 2.00. The molecule has 2 fully saturated rings. The van der Waals surface area contributed by atoms with Crippen molar-refractivity contribution in [2.75, 3.05) is 37.6 Å². The summed E-state index contributed by atoms with van der Waals surface area (Å²) in [6.45, 7) is 8.64. The van der Waals surface area contributed by atoms with Crippen LogP contribution in [0.1, 0.15) is 51.9 Å². The molecule has 24 heavy (non-hydrogen) atoms. The molecule has 1 aromatic rings. The number of aromatic hydroxyl groups is 1. The van der Waals surface area contributed by atoms with Gasteiger partial charge in [0.2, 0.25) is 0 Å². The summed E-state index contributed by atoms with van der Waals surface area (Å²) >= 11 is 0. The normalized spacial score (nSPS) is 25.8. The third-order valence-electron chi connectivity index (χ3n) is 6.06. The van der Waals surface area contributed by atoms with Crippen LogP contribution in [-0.2, 0) is 0 Å². The van der Waals surface area contributed by atoms with E-state index >= 15 is 0 Å². The van der Waals surface area contributed by atoms with Crippen LogP contribution in [0.25, 0.3) is 0 Å². The molecule has 3 nitrogen and oxygen atoms in total. The second-order valence-corrected chi connectivity index (χ2v) is 7.89. The Bertz CT molecular complexity index is 498. The minimum atomic E-state index is 0.379. The Morgan fingerprint density at radius 2 is 1.92 bits per heavy atom. The molecule has 0 aliphatic carbocycles. The molecule has 0 radical (unpaired) electrons. The van der Waals surface area contributed by atoms with Crippen LogP contribution < -0.4 is 4.90 Å². The first-order valence-corrected chi connectivity index (χ1v) is 9.99. The molecule has 2 heterocycles. The number of likely N-dealkylation sites (tertiary alicyclic amines) is 1. The van der Waals surface area contributed by atoms with Gasteiger partial charge in [0.25, 0.3) is 0 Å². The van der Waals surface area contributed by atoms with Gasteiger partial charge in [-0.3, -0.25) is 0 Å². The maximum Gasteiger partial charge on any atom is 0.117 e. The Kier molecular flexibility index (Phi) is 6.42. The van der Waals surface area contributed by atoms with Crippen LogP contribution in [0, 0.1) is 11.8 Å². The maximum atomic E-state index is 9.73. The highest BCUT2D eigenvalue weighted by Crippen LogP contribution is 2.31. The molecule has 1 N–H and O–H groups in total. The van der Waals surface area contributed by atoms with Crippen molar-refractivity contribution in [1.29, 1.82) is 0 Å². The number of hydrogen-bond donors (Lipinski definition) is 1. The van der Waals surface area contributed by atoms with Crippen molar-refractivity contribution in [2.45, 2.75) is 51.9 Å². The van der Waals surface area contributed by atoms with Crippen molar-refractivity contribution >= 4 is 5.69 Å². The molecule has 0 spiro atoms. The lowest BCUT2D eigenvalue weighted by molar-refractivity contribution is 0.217. The van der Waals surface area contributed by atoms with Crippen molar-refractivity contribution < 1.29 is 5.11 Å².